The number of nitrogens with zero attached hydrogens (tertiary/aromatic N) is 2. The van der Waals surface area contributed by atoms with Crippen molar-refractivity contribution in [2.75, 3.05) is 0 Å². The number of H-pyrrole nitrogens is 2. The summed E-state index contributed by atoms with van der Waals surface area (Å²) in [4.78, 5) is 17.7. The van der Waals surface area contributed by atoms with Gasteiger partial charge >= 0.3 is 0 Å². The van der Waals surface area contributed by atoms with Crippen molar-refractivity contribution in [3.05, 3.63) is 162 Å². The summed E-state index contributed by atoms with van der Waals surface area (Å²) in [5.41, 5.74) is 13.4. The summed E-state index contributed by atoms with van der Waals surface area (Å²) >= 11 is 0. The first-order chi connectivity index (χ1) is 25.4. The van der Waals surface area contributed by atoms with E-state index in [-0.39, 0.29) is 4.90 Å². The van der Waals surface area contributed by atoms with Crippen LogP contribution in [0.25, 0.3) is 90.9 Å². The molecule has 0 aliphatic carbocycles. The Balaban J connectivity index is 1.48. The molecule has 3 N–H and O–H groups in total. The normalized spacial score (nSPS) is 12.3. The van der Waals surface area contributed by atoms with Crippen LogP contribution in [0.4, 0.5) is 0 Å². The van der Waals surface area contributed by atoms with Gasteiger partial charge in [0.25, 0.3) is 10.1 Å². The molecule has 7 nitrogen and oxygen atoms in total. The summed E-state index contributed by atoms with van der Waals surface area (Å²) in [6.07, 6.45) is 8.05. The maximum atomic E-state index is 12.3. The second kappa shape index (κ2) is 12.6. The molecule has 250 valence electrons. The van der Waals surface area contributed by atoms with Gasteiger partial charge in [0, 0.05) is 44.3 Å². The van der Waals surface area contributed by atoms with Crippen molar-refractivity contribution in [2.45, 2.75) is 4.90 Å². The van der Waals surface area contributed by atoms with Crippen molar-refractivity contribution in [3.8, 4) is 44.5 Å². The van der Waals surface area contributed by atoms with E-state index in [9.17, 15) is 13.0 Å². The Hall–Kier alpha value is -6.61. The highest BCUT2D eigenvalue weighted by Crippen LogP contribution is 2.38. The van der Waals surface area contributed by atoms with E-state index in [1.54, 1.807) is 6.07 Å². The number of hydrogen-bond donors (Lipinski definition) is 3. The van der Waals surface area contributed by atoms with E-state index in [0.717, 1.165) is 72.5 Å². The Kier molecular flexibility index (Phi) is 7.61. The van der Waals surface area contributed by atoms with Gasteiger partial charge in [0.15, 0.2) is 0 Å². The molecule has 8 bridgehead atoms. The standard InChI is InChI=1S/C44H30N4O3S/c49-52(50,51)32-18-10-17-31(27-32)44-39-25-23-37(47-39)42(29-13-6-2-7-14-29)35-21-19-33(45-35)41(28-11-4-1-5-12-28)34-20-22-36(46-34)43(30-15-8-3-9-16-30)38-24-26-40(44)48-38/h1-27,45,48H,(H,49,50,51). The Morgan fingerprint density at radius 3 is 1.08 bits per heavy atom. The average molecular weight is 695 g/mol. The Morgan fingerprint density at radius 2 is 0.731 bits per heavy atom. The third kappa shape index (κ3) is 5.66. The first-order valence-corrected chi connectivity index (χ1v) is 18.3. The van der Waals surface area contributed by atoms with Crippen LogP contribution in [0.15, 0.2) is 144 Å². The molecule has 0 saturated heterocycles. The fourth-order valence-corrected chi connectivity index (χ4v) is 7.57. The van der Waals surface area contributed by atoms with Gasteiger partial charge in [-0.3, -0.25) is 4.55 Å². The van der Waals surface area contributed by atoms with Crippen LogP contribution in [-0.4, -0.2) is 32.9 Å². The lowest BCUT2D eigenvalue weighted by Crippen LogP contribution is -1.98. The van der Waals surface area contributed by atoms with Crippen molar-refractivity contribution in [3.63, 3.8) is 0 Å². The number of aromatic nitrogens is 4. The Morgan fingerprint density at radius 1 is 0.404 bits per heavy atom. The van der Waals surface area contributed by atoms with E-state index >= 15 is 0 Å². The Labute approximate surface area is 300 Å². The van der Waals surface area contributed by atoms with Gasteiger partial charge in [-0.2, -0.15) is 8.42 Å². The second-order valence-electron chi connectivity index (χ2n) is 12.6. The number of aromatic amines is 2. The van der Waals surface area contributed by atoms with E-state index < -0.39 is 10.1 Å². The maximum Gasteiger partial charge on any atom is 0.294 e. The fourth-order valence-electron chi connectivity index (χ4n) is 7.05. The molecule has 2 aliphatic rings. The quantitative estimate of drug-likeness (QED) is 0.155. The summed E-state index contributed by atoms with van der Waals surface area (Å²) < 4.78 is 34.6. The number of fused-ring (bicyclic) bond motifs is 8. The third-order valence-electron chi connectivity index (χ3n) is 9.36. The molecule has 3 aromatic heterocycles. The molecule has 9 rings (SSSR count). The van der Waals surface area contributed by atoms with Gasteiger partial charge in [0.1, 0.15) is 0 Å². The van der Waals surface area contributed by atoms with Gasteiger partial charge in [0.2, 0.25) is 0 Å². The van der Waals surface area contributed by atoms with Gasteiger partial charge in [-0.25, -0.2) is 9.97 Å². The lowest BCUT2D eigenvalue weighted by molar-refractivity contribution is 0.483. The minimum absolute atomic E-state index is 0.200. The van der Waals surface area contributed by atoms with Crippen LogP contribution >= 0.6 is 0 Å². The monoisotopic (exact) mass is 694 g/mol. The molecule has 0 radical (unpaired) electrons. The van der Waals surface area contributed by atoms with Crippen LogP contribution in [0.3, 0.4) is 0 Å². The van der Waals surface area contributed by atoms with E-state index in [1.165, 1.54) is 12.1 Å². The highest BCUT2D eigenvalue weighted by Gasteiger charge is 2.20. The zero-order valence-electron chi connectivity index (χ0n) is 27.7. The minimum atomic E-state index is -4.46. The molecular weight excluding hydrogens is 665 g/mol. The third-order valence-corrected chi connectivity index (χ3v) is 10.2. The summed E-state index contributed by atoms with van der Waals surface area (Å²) in [6.45, 7) is 0. The van der Waals surface area contributed by atoms with Crippen LogP contribution in [0.5, 0.6) is 0 Å². The zero-order chi connectivity index (χ0) is 35.2. The van der Waals surface area contributed by atoms with E-state index in [4.69, 9.17) is 9.97 Å². The maximum absolute atomic E-state index is 12.3. The van der Waals surface area contributed by atoms with Gasteiger partial charge < -0.3 is 9.97 Å². The molecule has 0 spiro atoms. The molecule has 0 atom stereocenters. The first kappa shape index (κ1) is 31.4. The molecule has 52 heavy (non-hydrogen) atoms. The largest absolute Gasteiger partial charge is 0.354 e. The van der Waals surface area contributed by atoms with Gasteiger partial charge in [-0.1, -0.05) is 103 Å². The predicted molar refractivity (Wildman–Crippen MR) is 210 cm³/mol. The van der Waals surface area contributed by atoms with Crippen molar-refractivity contribution < 1.29 is 13.0 Å². The van der Waals surface area contributed by atoms with Crippen molar-refractivity contribution in [2.24, 2.45) is 0 Å². The average Bonchev–Trinajstić information content (AvgIpc) is 4.01. The van der Waals surface area contributed by atoms with E-state index in [1.807, 2.05) is 84.9 Å². The second-order valence-corrected chi connectivity index (χ2v) is 14.0. The minimum Gasteiger partial charge on any atom is -0.354 e. The Bertz CT molecular complexity index is 2820. The summed E-state index contributed by atoms with van der Waals surface area (Å²) in [5, 5.41) is 0. The summed E-state index contributed by atoms with van der Waals surface area (Å²) in [5.74, 6) is 0. The van der Waals surface area contributed by atoms with E-state index in [0.29, 0.717) is 16.8 Å². The number of rotatable bonds is 5. The molecule has 0 unspecified atom stereocenters. The van der Waals surface area contributed by atoms with Crippen LogP contribution in [0.1, 0.15) is 22.8 Å². The molecule has 5 heterocycles. The number of hydrogen-bond acceptors (Lipinski definition) is 4. The lowest BCUT2D eigenvalue weighted by Gasteiger charge is -2.07. The summed E-state index contributed by atoms with van der Waals surface area (Å²) in [7, 11) is -4.46. The van der Waals surface area contributed by atoms with Crippen LogP contribution in [-0.2, 0) is 10.1 Å². The smallest absolute Gasteiger partial charge is 0.294 e. The fraction of sp³-hybridized carbons (Fsp3) is 0. The number of nitrogens with one attached hydrogen (secondary N) is 2. The zero-order valence-corrected chi connectivity index (χ0v) is 28.5. The molecule has 0 saturated carbocycles. The lowest BCUT2D eigenvalue weighted by atomic mass is 10.0. The van der Waals surface area contributed by atoms with Crippen LogP contribution in [0, 0.1) is 0 Å². The molecular formula is C44H30N4O3S. The molecule has 8 heteroatoms. The highest BCUT2D eigenvalue weighted by atomic mass is 32.2. The first-order valence-electron chi connectivity index (χ1n) is 16.8. The van der Waals surface area contributed by atoms with Crippen LogP contribution < -0.4 is 0 Å². The summed E-state index contributed by atoms with van der Waals surface area (Å²) in [6, 6.07) is 45.0. The molecule has 0 amide bonds. The van der Waals surface area contributed by atoms with Gasteiger partial charge in [-0.05, 0) is 83.0 Å². The number of benzene rings is 4. The van der Waals surface area contributed by atoms with Crippen LogP contribution in [0.2, 0.25) is 0 Å². The van der Waals surface area contributed by atoms with Crippen molar-refractivity contribution in [1.82, 2.24) is 19.9 Å². The molecule has 7 aromatic rings. The molecule has 2 aliphatic heterocycles. The molecule has 4 aromatic carbocycles. The van der Waals surface area contributed by atoms with Crippen molar-refractivity contribution in [1.29, 1.82) is 0 Å². The van der Waals surface area contributed by atoms with Gasteiger partial charge in [-0.15, -0.1) is 0 Å². The van der Waals surface area contributed by atoms with Crippen molar-refractivity contribution >= 4 is 56.5 Å². The topological polar surface area (TPSA) is 112 Å². The predicted octanol–water partition coefficient (Wildman–Crippen LogP) is 10.6. The van der Waals surface area contributed by atoms with Gasteiger partial charge in [0.05, 0.1) is 27.7 Å². The molecule has 0 fully saturated rings. The highest BCUT2D eigenvalue weighted by molar-refractivity contribution is 7.85. The van der Waals surface area contributed by atoms with E-state index in [2.05, 4.69) is 70.7 Å². The SMILES string of the molecule is O=S(=O)(O)c1cccc(-c2c3nc(c(-c4ccccc4)c4ccc([nH]4)c(-c4ccccc4)c4nc(c(-c5ccccc5)c5ccc2[nH]5)C=C4)C=C3)c1.